The topological polar surface area (TPSA) is 43.4 Å². The molecule has 1 N–H and O–H groups in total. The lowest BCUT2D eigenvalue weighted by Crippen LogP contribution is -2.00. The minimum Gasteiger partial charge on any atom is -0.497 e. The highest BCUT2D eigenvalue weighted by Crippen LogP contribution is 2.36. The third kappa shape index (κ3) is 1.83. The van der Waals surface area contributed by atoms with Gasteiger partial charge in [-0.15, -0.1) is 0 Å². The standard InChI is InChI=1S/C14H18N2O2/c1-8-9(2)16-14-11(13(8)15-3)6-10(17-4)7-12(14)18-5/h6-7H,1-5H3,(H,15,16). The molecule has 0 radical (unpaired) electrons. The van der Waals surface area contributed by atoms with Gasteiger partial charge in [-0.2, -0.15) is 0 Å². The summed E-state index contributed by atoms with van der Waals surface area (Å²) in [4.78, 5) is 4.61. The van der Waals surface area contributed by atoms with Crippen LogP contribution in [-0.2, 0) is 0 Å². The van der Waals surface area contributed by atoms with Gasteiger partial charge in [-0.05, 0) is 25.5 Å². The number of rotatable bonds is 3. The number of hydrogen-bond donors (Lipinski definition) is 1. The van der Waals surface area contributed by atoms with Crippen molar-refractivity contribution < 1.29 is 9.47 Å². The van der Waals surface area contributed by atoms with Crippen molar-refractivity contribution >= 4 is 16.6 Å². The Kier molecular flexibility index (Phi) is 3.28. The summed E-state index contributed by atoms with van der Waals surface area (Å²) in [7, 11) is 5.20. The molecule has 0 spiro atoms. The molecule has 0 aliphatic rings. The van der Waals surface area contributed by atoms with Crippen LogP contribution < -0.4 is 14.8 Å². The number of benzene rings is 1. The zero-order chi connectivity index (χ0) is 13.3. The predicted molar refractivity (Wildman–Crippen MR) is 73.9 cm³/mol. The molecular weight excluding hydrogens is 228 g/mol. The number of hydrogen-bond acceptors (Lipinski definition) is 4. The van der Waals surface area contributed by atoms with E-state index in [0.717, 1.165) is 39.3 Å². The molecule has 2 aromatic rings. The fourth-order valence-electron chi connectivity index (χ4n) is 2.12. The Morgan fingerprint density at radius 2 is 1.83 bits per heavy atom. The molecule has 4 heteroatoms. The van der Waals surface area contributed by atoms with Crippen LogP contribution in [0.15, 0.2) is 12.1 Å². The van der Waals surface area contributed by atoms with E-state index in [1.165, 1.54) is 0 Å². The molecule has 0 unspecified atom stereocenters. The van der Waals surface area contributed by atoms with Crippen LogP contribution in [0.1, 0.15) is 11.3 Å². The van der Waals surface area contributed by atoms with Gasteiger partial charge in [0.05, 0.1) is 14.2 Å². The van der Waals surface area contributed by atoms with E-state index in [2.05, 4.69) is 17.2 Å². The number of nitrogens with one attached hydrogen (secondary N) is 1. The van der Waals surface area contributed by atoms with E-state index in [1.807, 2.05) is 26.1 Å². The van der Waals surface area contributed by atoms with Crippen LogP contribution in [0.2, 0.25) is 0 Å². The van der Waals surface area contributed by atoms with Crippen LogP contribution in [-0.4, -0.2) is 26.3 Å². The van der Waals surface area contributed by atoms with Gasteiger partial charge in [0.25, 0.3) is 0 Å². The van der Waals surface area contributed by atoms with Crippen LogP contribution in [0.3, 0.4) is 0 Å². The molecular formula is C14H18N2O2. The maximum atomic E-state index is 5.39. The molecule has 0 amide bonds. The maximum absolute atomic E-state index is 5.39. The van der Waals surface area contributed by atoms with E-state index in [4.69, 9.17) is 9.47 Å². The number of ether oxygens (including phenoxy) is 2. The minimum absolute atomic E-state index is 0.726. The Morgan fingerprint density at radius 1 is 1.11 bits per heavy atom. The zero-order valence-corrected chi connectivity index (χ0v) is 11.4. The first kappa shape index (κ1) is 12.5. The Balaban J connectivity index is 2.90. The summed E-state index contributed by atoms with van der Waals surface area (Å²) in [6.07, 6.45) is 0. The van der Waals surface area contributed by atoms with Gasteiger partial charge < -0.3 is 14.8 Å². The van der Waals surface area contributed by atoms with E-state index in [9.17, 15) is 0 Å². The van der Waals surface area contributed by atoms with Gasteiger partial charge in [-0.25, -0.2) is 4.98 Å². The summed E-state index contributed by atoms with van der Waals surface area (Å²) >= 11 is 0. The monoisotopic (exact) mass is 246 g/mol. The van der Waals surface area contributed by atoms with E-state index >= 15 is 0 Å². The fraction of sp³-hybridized carbons (Fsp3) is 0.357. The number of pyridine rings is 1. The average molecular weight is 246 g/mol. The summed E-state index contributed by atoms with van der Waals surface area (Å²) in [5.74, 6) is 1.49. The van der Waals surface area contributed by atoms with Crippen molar-refractivity contribution in [2.75, 3.05) is 26.6 Å². The van der Waals surface area contributed by atoms with Gasteiger partial charge in [0.2, 0.25) is 0 Å². The first-order valence-electron chi connectivity index (χ1n) is 5.83. The molecule has 1 aromatic heterocycles. The molecule has 0 aliphatic heterocycles. The van der Waals surface area contributed by atoms with Crippen LogP contribution in [0.5, 0.6) is 11.5 Å². The molecule has 0 saturated carbocycles. The zero-order valence-electron chi connectivity index (χ0n) is 11.4. The smallest absolute Gasteiger partial charge is 0.148 e. The van der Waals surface area contributed by atoms with Gasteiger partial charge in [-0.1, -0.05) is 0 Å². The van der Waals surface area contributed by atoms with Crippen LogP contribution in [0, 0.1) is 13.8 Å². The molecule has 0 bridgehead atoms. The number of methoxy groups -OCH3 is 2. The van der Waals surface area contributed by atoms with Gasteiger partial charge in [0.15, 0.2) is 0 Å². The van der Waals surface area contributed by atoms with Crippen LogP contribution in [0.25, 0.3) is 10.9 Å². The first-order valence-corrected chi connectivity index (χ1v) is 5.83. The van der Waals surface area contributed by atoms with Gasteiger partial charge >= 0.3 is 0 Å². The molecule has 0 atom stereocenters. The molecule has 2 rings (SSSR count). The highest BCUT2D eigenvalue weighted by Gasteiger charge is 2.13. The van der Waals surface area contributed by atoms with Crippen molar-refractivity contribution in [1.29, 1.82) is 0 Å². The molecule has 1 aromatic carbocycles. The summed E-state index contributed by atoms with van der Waals surface area (Å²) < 4.78 is 10.7. The van der Waals surface area contributed by atoms with Crippen molar-refractivity contribution in [1.82, 2.24) is 4.98 Å². The summed E-state index contributed by atoms with van der Waals surface area (Å²) in [6.45, 7) is 4.05. The van der Waals surface area contributed by atoms with E-state index in [0.29, 0.717) is 0 Å². The van der Waals surface area contributed by atoms with Crippen molar-refractivity contribution in [3.05, 3.63) is 23.4 Å². The maximum Gasteiger partial charge on any atom is 0.148 e. The number of aromatic nitrogens is 1. The third-order valence-electron chi connectivity index (χ3n) is 3.22. The van der Waals surface area contributed by atoms with Crippen molar-refractivity contribution in [3.63, 3.8) is 0 Å². The molecule has 0 aliphatic carbocycles. The molecule has 1 heterocycles. The Labute approximate surface area is 107 Å². The molecule has 4 nitrogen and oxygen atoms in total. The highest BCUT2D eigenvalue weighted by atomic mass is 16.5. The largest absolute Gasteiger partial charge is 0.497 e. The number of aryl methyl sites for hydroxylation is 1. The summed E-state index contributed by atoms with van der Waals surface area (Å²) in [5.41, 5.74) is 4.05. The van der Waals surface area contributed by atoms with Gasteiger partial charge in [0.1, 0.15) is 17.0 Å². The number of nitrogens with zero attached hydrogens (tertiary/aromatic N) is 1. The Morgan fingerprint density at radius 3 is 2.39 bits per heavy atom. The first-order chi connectivity index (χ1) is 8.62. The van der Waals surface area contributed by atoms with Gasteiger partial charge in [-0.3, -0.25) is 0 Å². The van der Waals surface area contributed by atoms with E-state index in [1.54, 1.807) is 14.2 Å². The molecule has 18 heavy (non-hydrogen) atoms. The SMILES string of the molecule is CNc1c(C)c(C)nc2c(OC)cc(OC)cc12. The second-order valence-electron chi connectivity index (χ2n) is 4.17. The average Bonchev–Trinajstić information content (AvgIpc) is 2.39. The second-order valence-corrected chi connectivity index (χ2v) is 4.17. The molecule has 0 fully saturated rings. The van der Waals surface area contributed by atoms with Crippen molar-refractivity contribution in [3.8, 4) is 11.5 Å². The minimum atomic E-state index is 0.726. The lowest BCUT2D eigenvalue weighted by Gasteiger charge is -2.15. The Bertz CT molecular complexity index is 594. The quantitative estimate of drug-likeness (QED) is 0.904. The lowest BCUT2D eigenvalue weighted by atomic mass is 10.1. The fourth-order valence-corrected chi connectivity index (χ4v) is 2.12. The molecule has 0 saturated heterocycles. The van der Waals surface area contributed by atoms with Gasteiger partial charge in [0, 0.05) is 29.9 Å². The number of fused-ring (bicyclic) bond motifs is 1. The van der Waals surface area contributed by atoms with Crippen molar-refractivity contribution in [2.24, 2.45) is 0 Å². The predicted octanol–water partition coefficient (Wildman–Crippen LogP) is 2.91. The second kappa shape index (κ2) is 4.72. The summed E-state index contributed by atoms with van der Waals surface area (Å²) in [5, 5.41) is 4.24. The lowest BCUT2D eigenvalue weighted by molar-refractivity contribution is 0.397. The van der Waals surface area contributed by atoms with Crippen LogP contribution >= 0.6 is 0 Å². The molecule has 96 valence electrons. The van der Waals surface area contributed by atoms with Crippen LogP contribution in [0.4, 0.5) is 5.69 Å². The third-order valence-corrected chi connectivity index (χ3v) is 3.22. The summed E-state index contributed by atoms with van der Waals surface area (Å²) in [6, 6.07) is 3.83. The Hall–Kier alpha value is -1.97. The van der Waals surface area contributed by atoms with E-state index in [-0.39, 0.29) is 0 Å². The number of anilines is 1. The highest BCUT2D eigenvalue weighted by molar-refractivity contribution is 5.97. The van der Waals surface area contributed by atoms with E-state index < -0.39 is 0 Å². The van der Waals surface area contributed by atoms with Crippen molar-refractivity contribution in [2.45, 2.75) is 13.8 Å². The normalized spacial score (nSPS) is 10.5.